The minimum absolute atomic E-state index is 0. The summed E-state index contributed by atoms with van der Waals surface area (Å²) in [7, 11) is 0. The number of hydrogen-bond acceptors (Lipinski definition) is 2. The number of hydrogen-bond donors (Lipinski definition) is 3. The van der Waals surface area contributed by atoms with Gasteiger partial charge in [-0.1, -0.05) is 145 Å². The van der Waals surface area contributed by atoms with Crippen LogP contribution < -0.4 is 0 Å². The van der Waals surface area contributed by atoms with Crippen molar-refractivity contribution in [3.05, 3.63) is 199 Å². The number of halogens is 1. The van der Waals surface area contributed by atoms with Gasteiger partial charge < -0.3 is 19.8 Å². The van der Waals surface area contributed by atoms with Crippen LogP contribution in [0.4, 0.5) is 0 Å². The highest BCUT2D eigenvalue weighted by Crippen LogP contribution is 2.33. The lowest BCUT2D eigenvalue weighted by atomic mass is 10.1. The van der Waals surface area contributed by atoms with Gasteiger partial charge in [-0.05, 0) is 95.1 Å². The molecule has 0 atom stereocenters. The van der Waals surface area contributed by atoms with Crippen LogP contribution >= 0.6 is 15.9 Å². The predicted octanol–water partition coefficient (Wildman–Crippen LogP) is 13.9. The molecule has 0 aliphatic heterocycles. The van der Waals surface area contributed by atoms with Gasteiger partial charge in [-0.25, -0.2) is 0 Å². The second kappa shape index (κ2) is 16.0. The van der Waals surface area contributed by atoms with Crippen molar-refractivity contribution in [2.75, 3.05) is 0 Å². The number of aromatic nitrogens is 2. The number of aromatic hydroxyl groups is 2. The molecule has 5 heteroatoms. The fourth-order valence-electron chi connectivity index (χ4n) is 6.75. The summed E-state index contributed by atoms with van der Waals surface area (Å²) in [6.07, 6.45) is 0. The van der Waals surface area contributed by atoms with E-state index in [9.17, 15) is 5.11 Å². The smallest absolute Gasteiger partial charge is 0.115 e. The first-order valence-electron chi connectivity index (χ1n) is 17.4. The molecule has 0 saturated heterocycles. The van der Waals surface area contributed by atoms with Gasteiger partial charge in [-0.2, -0.15) is 0 Å². The Morgan fingerprint density at radius 1 is 0.370 bits per heavy atom. The van der Waals surface area contributed by atoms with E-state index in [2.05, 4.69) is 147 Å². The number of phenols is 2. The first kappa shape index (κ1) is 35.8. The van der Waals surface area contributed by atoms with Crippen LogP contribution in [0.5, 0.6) is 11.5 Å². The lowest BCUT2D eigenvalue weighted by molar-refractivity contribution is 0.475. The van der Waals surface area contributed by atoms with Crippen LogP contribution in [0.1, 0.15) is 7.43 Å². The topological polar surface area (TPSA) is 61.2 Å². The van der Waals surface area contributed by atoms with Crippen molar-refractivity contribution < 1.29 is 10.2 Å². The zero-order chi connectivity index (χ0) is 36.1. The van der Waals surface area contributed by atoms with Gasteiger partial charge in [0.2, 0.25) is 0 Å². The van der Waals surface area contributed by atoms with Crippen LogP contribution in [0.3, 0.4) is 0 Å². The van der Waals surface area contributed by atoms with E-state index < -0.39 is 0 Å². The number of fused-ring (bicyclic) bond motifs is 6. The van der Waals surface area contributed by atoms with Crippen molar-refractivity contribution in [1.82, 2.24) is 9.55 Å². The van der Waals surface area contributed by atoms with Crippen molar-refractivity contribution in [3.63, 3.8) is 0 Å². The van der Waals surface area contributed by atoms with Gasteiger partial charge in [0.15, 0.2) is 0 Å². The molecule has 2 heterocycles. The molecule has 10 aromatic rings. The minimum Gasteiger partial charge on any atom is -0.508 e. The molecule has 3 N–H and O–H groups in total. The van der Waals surface area contributed by atoms with Crippen molar-refractivity contribution in [2.24, 2.45) is 0 Å². The molecular weight excluding hydrogens is 728 g/mol. The zero-order valence-corrected chi connectivity index (χ0v) is 30.3. The first-order valence-corrected chi connectivity index (χ1v) is 18.2. The molecule has 2 aromatic heterocycles. The van der Waals surface area contributed by atoms with E-state index in [0.717, 1.165) is 32.4 Å². The van der Waals surface area contributed by atoms with E-state index in [-0.39, 0.29) is 13.2 Å². The molecule has 4 nitrogen and oxygen atoms in total. The van der Waals surface area contributed by atoms with Crippen LogP contribution in [0, 0.1) is 0 Å². The maximum Gasteiger partial charge on any atom is 0.115 e. The molecule has 0 aliphatic carbocycles. The number of aromatic amines is 1. The van der Waals surface area contributed by atoms with Gasteiger partial charge in [0.1, 0.15) is 11.5 Å². The predicted molar refractivity (Wildman–Crippen MR) is 232 cm³/mol. The summed E-state index contributed by atoms with van der Waals surface area (Å²) in [6.45, 7) is 0. The Balaban J connectivity index is 0.000000136. The second-order valence-electron chi connectivity index (χ2n) is 12.7. The Morgan fingerprint density at radius 3 is 1.13 bits per heavy atom. The fraction of sp³-hybridized carbons (Fsp3) is 0.0204. The quantitative estimate of drug-likeness (QED) is 0.168. The van der Waals surface area contributed by atoms with E-state index in [1.807, 2.05) is 48.5 Å². The summed E-state index contributed by atoms with van der Waals surface area (Å²) in [5.74, 6) is 0.585. The van der Waals surface area contributed by atoms with Crippen LogP contribution in [0.15, 0.2) is 199 Å². The number of para-hydroxylation sites is 4. The molecule has 0 spiro atoms. The Labute approximate surface area is 323 Å². The largest absolute Gasteiger partial charge is 0.508 e. The van der Waals surface area contributed by atoms with E-state index in [1.165, 1.54) is 43.6 Å². The summed E-state index contributed by atoms with van der Waals surface area (Å²) in [6, 6.07) is 65.0. The average Bonchev–Trinajstić information content (AvgIpc) is 3.76. The van der Waals surface area contributed by atoms with Gasteiger partial charge in [0.25, 0.3) is 0 Å². The van der Waals surface area contributed by atoms with E-state index >= 15 is 0 Å². The van der Waals surface area contributed by atoms with Gasteiger partial charge in [0.05, 0.1) is 11.0 Å². The third-order valence-corrected chi connectivity index (χ3v) is 9.89. The van der Waals surface area contributed by atoms with Crippen molar-refractivity contribution >= 4 is 59.5 Å². The SMILES string of the molecule is C.Oc1ccc(-c2ccc(-n3c4ccccc4c4ccccc43)cc2)cc1.Oc1ccc(-c2ccc(Br)cc2)cc1.c1ccc2c(c1)[nH]c1ccccc12. The number of nitrogens with zero attached hydrogens (tertiary/aromatic N) is 1. The minimum atomic E-state index is 0. The number of benzene rings is 8. The van der Waals surface area contributed by atoms with Crippen molar-refractivity contribution in [2.45, 2.75) is 7.43 Å². The maximum absolute atomic E-state index is 9.47. The van der Waals surface area contributed by atoms with Gasteiger partial charge in [-0.15, -0.1) is 0 Å². The van der Waals surface area contributed by atoms with E-state index in [0.29, 0.717) is 5.75 Å². The molecule has 0 unspecified atom stereocenters. The van der Waals surface area contributed by atoms with E-state index in [4.69, 9.17) is 5.11 Å². The highest BCUT2D eigenvalue weighted by Gasteiger charge is 2.11. The summed E-state index contributed by atoms with van der Waals surface area (Å²) in [5.41, 5.74) is 10.5. The van der Waals surface area contributed by atoms with Crippen LogP contribution in [0.2, 0.25) is 0 Å². The van der Waals surface area contributed by atoms with Crippen LogP contribution in [-0.2, 0) is 0 Å². The third kappa shape index (κ3) is 7.49. The lowest BCUT2D eigenvalue weighted by Crippen LogP contribution is -1.93. The molecule has 54 heavy (non-hydrogen) atoms. The lowest BCUT2D eigenvalue weighted by Gasteiger charge is -2.09. The Bertz CT molecular complexity index is 2640. The van der Waals surface area contributed by atoms with Crippen molar-refractivity contribution in [3.8, 4) is 39.4 Å². The Hall–Kier alpha value is -6.56. The number of H-pyrrole nitrogens is 1. The van der Waals surface area contributed by atoms with Crippen LogP contribution in [0.25, 0.3) is 71.6 Å². The van der Waals surface area contributed by atoms with Gasteiger partial charge in [0, 0.05) is 42.7 Å². The molecule has 0 aliphatic rings. The highest BCUT2D eigenvalue weighted by molar-refractivity contribution is 9.10. The fourth-order valence-corrected chi connectivity index (χ4v) is 7.02. The molecule has 0 saturated carbocycles. The number of rotatable bonds is 3. The standard InChI is InChI=1S/C24H17NO.C12H9BrO.C12H9N.CH4/c26-20-15-11-18(12-16-20)17-9-13-19(14-10-17)25-23-7-3-1-5-21(23)22-6-2-4-8-24(22)25;13-11-5-1-9(2-6-11)10-3-7-12(14)8-4-10;1-3-7-11-9(5-1)10-6-2-4-8-12(10)13-11;/h1-16,26H;1-8,14H;1-8,13H;1H4. The summed E-state index contributed by atoms with van der Waals surface area (Å²) in [5, 5.41) is 23.8. The molecule has 0 amide bonds. The summed E-state index contributed by atoms with van der Waals surface area (Å²) < 4.78 is 3.38. The second-order valence-corrected chi connectivity index (χ2v) is 13.6. The molecule has 10 rings (SSSR count). The zero-order valence-electron chi connectivity index (χ0n) is 28.7. The molecule has 0 bridgehead atoms. The average molecular weight is 768 g/mol. The van der Waals surface area contributed by atoms with Gasteiger partial charge >= 0.3 is 0 Å². The third-order valence-electron chi connectivity index (χ3n) is 9.36. The van der Waals surface area contributed by atoms with Gasteiger partial charge in [-0.3, -0.25) is 0 Å². The molecule has 264 valence electrons. The first-order chi connectivity index (χ1) is 26.0. The Morgan fingerprint density at radius 2 is 0.704 bits per heavy atom. The number of nitrogens with one attached hydrogen (secondary N) is 1. The van der Waals surface area contributed by atoms with Crippen LogP contribution in [-0.4, -0.2) is 19.8 Å². The summed E-state index contributed by atoms with van der Waals surface area (Å²) in [4.78, 5) is 3.38. The van der Waals surface area contributed by atoms with E-state index in [1.54, 1.807) is 24.3 Å². The Kier molecular flexibility index (Phi) is 10.6. The molecule has 0 fully saturated rings. The molecule has 8 aromatic carbocycles. The monoisotopic (exact) mass is 766 g/mol. The number of phenolic OH excluding ortho intramolecular Hbond substituents is 2. The van der Waals surface area contributed by atoms with Crippen molar-refractivity contribution in [1.29, 1.82) is 0 Å². The normalized spacial score (nSPS) is 10.7. The maximum atomic E-state index is 9.47. The summed E-state index contributed by atoms with van der Waals surface area (Å²) >= 11 is 3.39. The molecular formula is C49H39BrN2O2. The highest BCUT2D eigenvalue weighted by atomic mass is 79.9. The molecule has 0 radical (unpaired) electrons.